The molecule has 4 rings (SSSR count). The Morgan fingerprint density at radius 2 is 2.08 bits per heavy atom. The van der Waals surface area contributed by atoms with Crippen molar-refractivity contribution in [2.24, 2.45) is 0 Å². The fraction of sp³-hybridized carbons (Fsp3) is 0.375. The number of rotatable bonds is 3. The molecular formula is C16H19ClN8. The van der Waals surface area contributed by atoms with Crippen molar-refractivity contribution in [3.8, 4) is 5.69 Å². The second-order valence-corrected chi connectivity index (χ2v) is 6.69. The molecule has 9 heteroatoms. The highest BCUT2D eigenvalue weighted by molar-refractivity contribution is 6.30. The number of hydrogen-bond donors (Lipinski definition) is 2. The van der Waals surface area contributed by atoms with Gasteiger partial charge in [0.1, 0.15) is 0 Å². The van der Waals surface area contributed by atoms with Crippen LogP contribution in [0.25, 0.3) is 5.69 Å². The number of nitrogens with zero attached hydrogens (tertiary/aromatic N) is 6. The van der Waals surface area contributed by atoms with E-state index in [2.05, 4.69) is 30.4 Å². The van der Waals surface area contributed by atoms with Gasteiger partial charge in [-0.15, -0.1) is 0 Å². The SMILES string of the molecule is Cc1nc(N)[nH]c1C1CCN(c2nnnn2-c2cccc(Cl)c2)CC1. The van der Waals surface area contributed by atoms with Crippen molar-refractivity contribution in [1.82, 2.24) is 30.2 Å². The molecule has 3 N–H and O–H groups in total. The van der Waals surface area contributed by atoms with Gasteiger partial charge in [0.15, 0.2) is 5.95 Å². The predicted molar refractivity (Wildman–Crippen MR) is 96.1 cm³/mol. The lowest BCUT2D eigenvalue weighted by Crippen LogP contribution is -2.35. The Morgan fingerprint density at radius 3 is 2.76 bits per heavy atom. The van der Waals surface area contributed by atoms with Gasteiger partial charge in [-0.1, -0.05) is 22.8 Å². The van der Waals surface area contributed by atoms with Gasteiger partial charge in [-0.25, -0.2) is 4.98 Å². The van der Waals surface area contributed by atoms with E-state index >= 15 is 0 Å². The van der Waals surface area contributed by atoms with Crippen LogP contribution in [0.2, 0.25) is 5.02 Å². The number of hydrogen-bond acceptors (Lipinski definition) is 6. The zero-order valence-electron chi connectivity index (χ0n) is 13.9. The van der Waals surface area contributed by atoms with Crippen LogP contribution in [0.1, 0.15) is 30.1 Å². The lowest BCUT2D eigenvalue weighted by molar-refractivity contribution is 0.488. The molecule has 25 heavy (non-hydrogen) atoms. The number of nitrogens with two attached hydrogens (primary N) is 1. The first-order chi connectivity index (χ1) is 12.1. The van der Waals surface area contributed by atoms with Gasteiger partial charge in [-0.05, 0) is 48.4 Å². The van der Waals surface area contributed by atoms with Gasteiger partial charge in [0.25, 0.3) is 0 Å². The third-order valence-electron chi connectivity index (χ3n) is 4.63. The second-order valence-electron chi connectivity index (χ2n) is 6.25. The molecule has 2 aromatic heterocycles. The molecule has 0 aliphatic carbocycles. The van der Waals surface area contributed by atoms with Gasteiger partial charge in [-0.3, -0.25) is 0 Å². The molecule has 1 fully saturated rings. The summed E-state index contributed by atoms with van der Waals surface area (Å²) in [5.74, 6) is 1.65. The molecule has 1 aliphatic heterocycles. The third kappa shape index (κ3) is 3.05. The van der Waals surface area contributed by atoms with Gasteiger partial charge in [0.2, 0.25) is 5.95 Å². The smallest absolute Gasteiger partial charge is 0.250 e. The monoisotopic (exact) mass is 358 g/mol. The minimum Gasteiger partial charge on any atom is -0.369 e. The molecule has 0 spiro atoms. The molecule has 0 bridgehead atoms. The number of tetrazole rings is 1. The van der Waals surface area contributed by atoms with Gasteiger partial charge >= 0.3 is 0 Å². The summed E-state index contributed by atoms with van der Waals surface area (Å²) in [5.41, 5.74) is 8.75. The van der Waals surface area contributed by atoms with E-state index in [0.717, 1.165) is 49.0 Å². The summed E-state index contributed by atoms with van der Waals surface area (Å²) in [6.07, 6.45) is 1.98. The summed E-state index contributed by atoms with van der Waals surface area (Å²) < 4.78 is 1.73. The highest BCUT2D eigenvalue weighted by atomic mass is 35.5. The van der Waals surface area contributed by atoms with Crippen molar-refractivity contribution in [1.29, 1.82) is 0 Å². The molecule has 1 saturated heterocycles. The molecule has 8 nitrogen and oxygen atoms in total. The number of aryl methyl sites for hydroxylation is 1. The van der Waals surface area contributed by atoms with Crippen LogP contribution in [0.15, 0.2) is 24.3 Å². The zero-order valence-corrected chi connectivity index (χ0v) is 14.6. The van der Waals surface area contributed by atoms with Crippen LogP contribution in [-0.4, -0.2) is 43.3 Å². The quantitative estimate of drug-likeness (QED) is 0.745. The van der Waals surface area contributed by atoms with E-state index in [0.29, 0.717) is 16.9 Å². The van der Waals surface area contributed by atoms with Crippen LogP contribution in [0.5, 0.6) is 0 Å². The average molecular weight is 359 g/mol. The molecule has 130 valence electrons. The number of anilines is 2. The van der Waals surface area contributed by atoms with Crippen LogP contribution < -0.4 is 10.6 Å². The number of nitrogens with one attached hydrogen (secondary N) is 1. The molecule has 0 atom stereocenters. The number of halogens is 1. The maximum Gasteiger partial charge on any atom is 0.250 e. The lowest BCUT2D eigenvalue weighted by Gasteiger charge is -2.31. The fourth-order valence-electron chi connectivity index (χ4n) is 3.42. The van der Waals surface area contributed by atoms with E-state index in [1.165, 1.54) is 0 Å². The summed E-state index contributed by atoms with van der Waals surface area (Å²) in [4.78, 5) is 9.67. The minimum absolute atomic E-state index is 0.427. The summed E-state index contributed by atoms with van der Waals surface area (Å²) in [7, 11) is 0. The number of aromatic amines is 1. The standard InChI is InChI=1S/C16H19ClN8/c1-10-14(20-15(18)19-10)11-5-7-24(8-6-11)16-21-22-23-25(16)13-4-2-3-12(17)9-13/h2-4,9,11H,5-8H2,1H3,(H3,18,19,20). The molecule has 0 unspecified atom stereocenters. The molecule has 0 saturated carbocycles. The van der Waals surface area contributed by atoms with Crippen molar-refractivity contribution in [3.05, 3.63) is 40.7 Å². The molecule has 0 radical (unpaired) electrons. The largest absolute Gasteiger partial charge is 0.369 e. The molecule has 3 heterocycles. The topological polar surface area (TPSA) is 102 Å². The first kappa shape index (κ1) is 15.9. The van der Waals surface area contributed by atoms with Gasteiger partial charge in [0.05, 0.1) is 11.4 Å². The van der Waals surface area contributed by atoms with Gasteiger partial charge in [0, 0.05) is 29.7 Å². The van der Waals surface area contributed by atoms with E-state index in [9.17, 15) is 0 Å². The third-order valence-corrected chi connectivity index (χ3v) is 4.87. The molecular weight excluding hydrogens is 340 g/mol. The van der Waals surface area contributed by atoms with Crippen LogP contribution in [0.4, 0.5) is 11.9 Å². The maximum absolute atomic E-state index is 6.09. The molecule has 1 aromatic carbocycles. The lowest BCUT2D eigenvalue weighted by atomic mass is 9.93. The van der Waals surface area contributed by atoms with Crippen molar-refractivity contribution in [3.63, 3.8) is 0 Å². The number of aromatic nitrogens is 6. The Balaban J connectivity index is 1.52. The molecule has 1 aliphatic rings. The van der Waals surface area contributed by atoms with Crippen molar-refractivity contribution >= 4 is 23.5 Å². The maximum atomic E-state index is 6.09. The van der Waals surface area contributed by atoms with Crippen molar-refractivity contribution in [2.75, 3.05) is 23.7 Å². The Labute approximate surface area is 150 Å². The highest BCUT2D eigenvalue weighted by Gasteiger charge is 2.26. The summed E-state index contributed by atoms with van der Waals surface area (Å²) >= 11 is 6.09. The first-order valence-corrected chi connectivity index (χ1v) is 8.61. The zero-order chi connectivity index (χ0) is 17.4. The van der Waals surface area contributed by atoms with E-state index in [1.807, 2.05) is 31.2 Å². The number of imidazole rings is 1. The number of nitrogen functional groups attached to an aromatic ring is 1. The van der Waals surface area contributed by atoms with Gasteiger partial charge in [-0.2, -0.15) is 4.68 Å². The van der Waals surface area contributed by atoms with Crippen LogP contribution in [0, 0.1) is 6.92 Å². The number of piperidine rings is 1. The Kier molecular flexibility index (Phi) is 4.04. The Hall–Kier alpha value is -2.61. The first-order valence-electron chi connectivity index (χ1n) is 8.23. The normalized spacial score (nSPS) is 15.7. The highest BCUT2D eigenvalue weighted by Crippen LogP contribution is 2.31. The van der Waals surface area contributed by atoms with Crippen molar-refractivity contribution in [2.45, 2.75) is 25.7 Å². The molecule has 0 amide bonds. The average Bonchev–Trinajstić information content (AvgIpc) is 3.21. The number of benzene rings is 1. The predicted octanol–water partition coefficient (Wildman–Crippen LogP) is 2.31. The van der Waals surface area contributed by atoms with E-state index < -0.39 is 0 Å². The Morgan fingerprint density at radius 1 is 1.28 bits per heavy atom. The van der Waals surface area contributed by atoms with Crippen LogP contribution in [0.3, 0.4) is 0 Å². The number of H-pyrrole nitrogens is 1. The van der Waals surface area contributed by atoms with Crippen LogP contribution in [-0.2, 0) is 0 Å². The summed E-state index contributed by atoms with van der Waals surface area (Å²) in [6.45, 7) is 3.72. The summed E-state index contributed by atoms with van der Waals surface area (Å²) in [6, 6.07) is 7.51. The van der Waals surface area contributed by atoms with E-state index in [1.54, 1.807) is 4.68 Å². The minimum atomic E-state index is 0.427. The fourth-order valence-corrected chi connectivity index (χ4v) is 3.60. The van der Waals surface area contributed by atoms with E-state index in [4.69, 9.17) is 17.3 Å². The summed E-state index contributed by atoms with van der Waals surface area (Å²) in [5, 5.41) is 12.8. The van der Waals surface area contributed by atoms with Gasteiger partial charge < -0.3 is 15.6 Å². The van der Waals surface area contributed by atoms with Crippen LogP contribution >= 0.6 is 11.6 Å². The van der Waals surface area contributed by atoms with Crippen molar-refractivity contribution < 1.29 is 0 Å². The Bertz CT molecular complexity index is 878. The van der Waals surface area contributed by atoms with E-state index in [-0.39, 0.29) is 0 Å². The molecule has 3 aromatic rings. The second kappa shape index (κ2) is 6.36.